The summed E-state index contributed by atoms with van der Waals surface area (Å²) in [5.41, 5.74) is 3.05. The second kappa shape index (κ2) is 7.57. The number of halogens is 1. The Labute approximate surface area is 152 Å². The zero-order valence-corrected chi connectivity index (χ0v) is 15.1. The SMILES string of the molecule is Cc1c(Cl)cnn1CCC(=O)NC(C)c1ccc(-n2cccc2)cc1. The monoisotopic (exact) mass is 356 g/mol. The number of carbonyl (C=O) groups excluding carboxylic acids is 1. The minimum atomic E-state index is -0.0477. The molecule has 1 aromatic carbocycles. The van der Waals surface area contributed by atoms with Gasteiger partial charge in [0.25, 0.3) is 0 Å². The molecule has 0 saturated heterocycles. The maximum absolute atomic E-state index is 12.2. The van der Waals surface area contributed by atoms with Crippen LogP contribution in [0.4, 0.5) is 0 Å². The topological polar surface area (TPSA) is 51.9 Å². The van der Waals surface area contributed by atoms with E-state index in [-0.39, 0.29) is 11.9 Å². The van der Waals surface area contributed by atoms with Crippen molar-refractivity contribution in [3.05, 3.63) is 71.3 Å². The quantitative estimate of drug-likeness (QED) is 0.728. The molecule has 5 nitrogen and oxygen atoms in total. The van der Waals surface area contributed by atoms with Gasteiger partial charge >= 0.3 is 0 Å². The van der Waals surface area contributed by atoms with Crippen molar-refractivity contribution >= 4 is 17.5 Å². The lowest BCUT2D eigenvalue weighted by molar-refractivity contribution is -0.122. The number of amides is 1. The number of benzene rings is 1. The van der Waals surface area contributed by atoms with E-state index in [9.17, 15) is 4.79 Å². The number of nitrogens with zero attached hydrogens (tertiary/aromatic N) is 3. The maximum atomic E-state index is 12.2. The van der Waals surface area contributed by atoms with E-state index < -0.39 is 0 Å². The molecule has 3 rings (SSSR count). The number of hydrogen-bond acceptors (Lipinski definition) is 2. The third-order valence-electron chi connectivity index (χ3n) is 4.27. The first-order valence-corrected chi connectivity index (χ1v) is 8.63. The summed E-state index contributed by atoms with van der Waals surface area (Å²) in [5, 5.41) is 7.81. The molecule has 0 aliphatic rings. The fourth-order valence-electron chi connectivity index (χ4n) is 2.70. The summed E-state index contributed by atoms with van der Waals surface area (Å²) in [6.07, 6.45) is 5.97. The van der Waals surface area contributed by atoms with Gasteiger partial charge in [-0.05, 0) is 43.7 Å². The standard InChI is InChI=1S/C19H21ClN4O/c1-14(16-5-7-17(8-6-16)23-10-3-4-11-23)22-19(25)9-12-24-15(2)18(20)13-21-24/h3-8,10-11,13-14H,9,12H2,1-2H3,(H,22,25). The fourth-order valence-corrected chi connectivity index (χ4v) is 2.84. The summed E-state index contributed by atoms with van der Waals surface area (Å²) in [4.78, 5) is 12.2. The van der Waals surface area contributed by atoms with Crippen LogP contribution in [0.25, 0.3) is 5.69 Å². The van der Waals surface area contributed by atoms with Gasteiger partial charge in [-0.3, -0.25) is 9.48 Å². The summed E-state index contributed by atoms with van der Waals surface area (Å²) >= 11 is 5.97. The van der Waals surface area contributed by atoms with Crippen molar-refractivity contribution in [1.82, 2.24) is 19.7 Å². The molecule has 3 aromatic rings. The van der Waals surface area contributed by atoms with Gasteiger partial charge in [0.15, 0.2) is 0 Å². The van der Waals surface area contributed by atoms with E-state index in [0.29, 0.717) is 18.0 Å². The Balaban J connectivity index is 1.55. The van der Waals surface area contributed by atoms with E-state index in [1.54, 1.807) is 10.9 Å². The minimum Gasteiger partial charge on any atom is -0.350 e. The zero-order chi connectivity index (χ0) is 17.8. The second-order valence-corrected chi connectivity index (χ2v) is 6.43. The van der Waals surface area contributed by atoms with E-state index in [2.05, 4.69) is 10.4 Å². The Hall–Kier alpha value is -2.53. The average molecular weight is 357 g/mol. The van der Waals surface area contributed by atoms with E-state index in [4.69, 9.17) is 11.6 Å². The first-order valence-electron chi connectivity index (χ1n) is 8.25. The summed E-state index contributed by atoms with van der Waals surface area (Å²) < 4.78 is 3.79. The van der Waals surface area contributed by atoms with E-state index >= 15 is 0 Å². The van der Waals surface area contributed by atoms with Crippen LogP contribution in [0.3, 0.4) is 0 Å². The normalized spacial score (nSPS) is 12.1. The Bertz CT molecular complexity index is 837. The lowest BCUT2D eigenvalue weighted by Crippen LogP contribution is -2.27. The number of aromatic nitrogens is 3. The van der Waals surface area contributed by atoms with Crippen LogP contribution in [0.15, 0.2) is 55.0 Å². The zero-order valence-electron chi connectivity index (χ0n) is 14.3. The summed E-state index contributed by atoms with van der Waals surface area (Å²) in [7, 11) is 0. The molecular formula is C19H21ClN4O. The smallest absolute Gasteiger partial charge is 0.222 e. The minimum absolute atomic E-state index is 0.00647. The van der Waals surface area contributed by atoms with Crippen molar-refractivity contribution in [2.45, 2.75) is 32.9 Å². The van der Waals surface area contributed by atoms with Crippen LogP contribution >= 0.6 is 11.6 Å². The van der Waals surface area contributed by atoms with Gasteiger partial charge in [0, 0.05) is 24.5 Å². The Morgan fingerprint density at radius 1 is 1.24 bits per heavy atom. The Kier molecular flexibility index (Phi) is 5.24. The van der Waals surface area contributed by atoms with E-state index in [1.165, 1.54) is 0 Å². The first kappa shape index (κ1) is 17.3. The summed E-state index contributed by atoms with van der Waals surface area (Å²) in [6, 6.07) is 12.1. The summed E-state index contributed by atoms with van der Waals surface area (Å²) in [6.45, 7) is 4.39. The molecule has 0 aliphatic heterocycles. The van der Waals surface area contributed by atoms with Gasteiger partial charge in [-0.25, -0.2) is 0 Å². The van der Waals surface area contributed by atoms with Gasteiger partial charge in [-0.2, -0.15) is 5.10 Å². The lowest BCUT2D eigenvalue weighted by Gasteiger charge is -2.15. The van der Waals surface area contributed by atoms with E-state index in [1.807, 2.05) is 67.2 Å². The molecule has 130 valence electrons. The van der Waals surface area contributed by atoms with Crippen LogP contribution in [-0.2, 0) is 11.3 Å². The van der Waals surface area contributed by atoms with Crippen molar-refractivity contribution in [3.8, 4) is 5.69 Å². The van der Waals surface area contributed by atoms with Crippen molar-refractivity contribution < 1.29 is 4.79 Å². The van der Waals surface area contributed by atoms with Crippen molar-refractivity contribution in [2.24, 2.45) is 0 Å². The van der Waals surface area contributed by atoms with Crippen LogP contribution in [0.2, 0.25) is 5.02 Å². The van der Waals surface area contributed by atoms with Crippen LogP contribution in [0, 0.1) is 6.92 Å². The molecule has 0 saturated carbocycles. The van der Waals surface area contributed by atoms with Gasteiger partial charge in [0.2, 0.25) is 5.91 Å². The number of aryl methyl sites for hydroxylation is 1. The maximum Gasteiger partial charge on any atom is 0.222 e. The highest BCUT2D eigenvalue weighted by atomic mass is 35.5. The highest BCUT2D eigenvalue weighted by Gasteiger charge is 2.11. The molecule has 2 aromatic heterocycles. The molecule has 6 heteroatoms. The van der Waals surface area contributed by atoms with Gasteiger partial charge in [0.1, 0.15) is 0 Å². The van der Waals surface area contributed by atoms with Crippen LogP contribution in [0.1, 0.15) is 30.6 Å². The predicted octanol–water partition coefficient (Wildman–Crippen LogP) is 3.90. The molecule has 1 atom stereocenters. The highest BCUT2D eigenvalue weighted by Crippen LogP contribution is 2.17. The fraction of sp³-hybridized carbons (Fsp3) is 0.263. The lowest BCUT2D eigenvalue weighted by atomic mass is 10.1. The Morgan fingerprint density at radius 3 is 2.52 bits per heavy atom. The van der Waals surface area contributed by atoms with Crippen molar-refractivity contribution in [3.63, 3.8) is 0 Å². The van der Waals surface area contributed by atoms with Crippen molar-refractivity contribution in [2.75, 3.05) is 0 Å². The van der Waals surface area contributed by atoms with Gasteiger partial charge in [-0.1, -0.05) is 23.7 Å². The Morgan fingerprint density at radius 2 is 1.92 bits per heavy atom. The largest absolute Gasteiger partial charge is 0.350 e. The molecule has 1 N–H and O–H groups in total. The van der Waals surface area contributed by atoms with Gasteiger partial charge in [-0.15, -0.1) is 0 Å². The molecule has 0 radical (unpaired) electrons. The third kappa shape index (κ3) is 4.12. The molecule has 25 heavy (non-hydrogen) atoms. The van der Waals surface area contributed by atoms with Crippen LogP contribution < -0.4 is 5.32 Å². The molecule has 0 aliphatic carbocycles. The molecule has 0 bridgehead atoms. The predicted molar refractivity (Wildman–Crippen MR) is 98.9 cm³/mol. The number of nitrogens with one attached hydrogen (secondary N) is 1. The van der Waals surface area contributed by atoms with Crippen LogP contribution in [-0.4, -0.2) is 20.3 Å². The van der Waals surface area contributed by atoms with Crippen molar-refractivity contribution in [1.29, 1.82) is 0 Å². The number of hydrogen-bond donors (Lipinski definition) is 1. The first-order chi connectivity index (χ1) is 12.0. The molecular weight excluding hydrogens is 336 g/mol. The van der Waals surface area contributed by atoms with Gasteiger partial charge in [0.05, 0.1) is 29.5 Å². The molecule has 1 unspecified atom stereocenters. The number of carbonyl (C=O) groups is 1. The third-order valence-corrected chi connectivity index (χ3v) is 4.64. The number of rotatable bonds is 6. The second-order valence-electron chi connectivity index (χ2n) is 6.02. The summed E-state index contributed by atoms with van der Waals surface area (Å²) in [5.74, 6) is -0.00647. The molecule has 0 spiro atoms. The highest BCUT2D eigenvalue weighted by molar-refractivity contribution is 6.31. The van der Waals surface area contributed by atoms with Crippen LogP contribution in [0.5, 0.6) is 0 Å². The van der Waals surface area contributed by atoms with E-state index in [0.717, 1.165) is 16.9 Å². The van der Waals surface area contributed by atoms with Gasteiger partial charge < -0.3 is 9.88 Å². The molecule has 1 amide bonds. The molecule has 2 heterocycles. The average Bonchev–Trinajstić information content (AvgIpc) is 3.25. The molecule has 0 fully saturated rings.